The van der Waals surface area contributed by atoms with Crippen LogP contribution in [-0.2, 0) is 0 Å². The summed E-state index contributed by atoms with van der Waals surface area (Å²) in [4.78, 5) is 0. The van der Waals surface area contributed by atoms with Crippen LogP contribution in [0.3, 0.4) is 0 Å². The molecule has 0 fully saturated rings. The topological polar surface area (TPSA) is 52.0 Å². The molecule has 0 bridgehead atoms. The molecule has 1 aromatic rings. The molecule has 0 saturated carbocycles. The van der Waals surface area contributed by atoms with Crippen molar-refractivity contribution in [2.45, 2.75) is 18.6 Å². The first-order valence-corrected chi connectivity index (χ1v) is 3.22. The lowest BCUT2D eigenvalue weighted by Crippen LogP contribution is -2.19. The van der Waals surface area contributed by atoms with Crippen LogP contribution < -0.4 is 5.73 Å². The van der Waals surface area contributed by atoms with Crippen molar-refractivity contribution in [2.24, 2.45) is 5.73 Å². The van der Waals surface area contributed by atoms with E-state index < -0.39 is 18.6 Å². The monoisotopic (exact) mass is 180 g/mol. The number of rotatable bonds is 2. The fraction of sp³-hybridized carbons (Fsp3) is 0.500. The second kappa shape index (κ2) is 3.14. The standard InChI is InChI=1S/C6H7F3N2O/c7-6(8,9)3-4(10)5-1-2-11-12-5/h1-2,4H,3,10H2. The first-order valence-electron chi connectivity index (χ1n) is 3.22. The van der Waals surface area contributed by atoms with Crippen LogP contribution in [0, 0.1) is 0 Å². The zero-order chi connectivity index (χ0) is 9.19. The molecule has 1 heterocycles. The van der Waals surface area contributed by atoms with E-state index in [-0.39, 0.29) is 5.76 Å². The van der Waals surface area contributed by atoms with Crippen molar-refractivity contribution >= 4 is 0 Å². The molecule has 0 aliphatic rings. The molecule has 3 nitrogen and oxygen atoms in total. The predicted molar refractivity (Wildman–Crippen MR) is 34.1 cm³/mol. The Hall–Kier alpha value is -1.04. The van der Waals surface area contributed by atoms with Gasteiger partial charge in [0.2, 0.25) is 0 Å². The Kier molecular flexibility index (Phi) is 2.37. The van der Waals surface area contributed by atoms with Gasteiger partial charge in [-0.25, -0.2) is 0 Å². The van der Waals surface area contributed by atoms with Crippen LogP contribution >= 0.6 is 0 Å². The SMILES string of the molecule is NC(CC(F)(F)F)c1ccno1. The lowest BCUT2D eigenvalue weighted by molar-refractivity contribution is -0.139. The molecule has 0 saturated heterocycles. The Morgan fingerprint density at radius 1 is 1.58 bits per heavy atom. The Morgan fingerprint density at radius 3 is 2.67 bits per heavy atom. The summed E-state index contributed by atoms with van der Waals surface area (Å²) in [5, 5.41) is 3.25. The Bertz CT molecular complexity index is 231. The van der Waals surface area contributed by atoms with Crippen molar-refractivity contribution in [3.63, 3.8) is 0 Å². The molecule has 2 N–H and O–H groups in total. The smallest absolute Gasteiger partial charge is 0.360 e. The van der Waals surface area contributed by atoms with Gasteiger partial charge in [-0.1, -0.05) is 5.16 Å². The highest BCUT2D eigenvalue weighted by atomic mass is 19.4. The molecule has 0 spiro atoms. The molecule has 0 aliphatic carbocycles. The van der Waals surface area contributed by atoms with Crippen molar-refractivity contribution in [1.82, 2.24) is 5.16 Å². The number of aromatic nitrogens is 1. The largest absolute Gasteiger partial charge is 0.391 e. The molecule has 0 aliphatic heterocycles. The van der Waals surface area contributed by atoms with Crippen LogP contribution in [0.2, 0.25) is 0 Å². The number of nitrogens with two attached hydrogens (primary N) is 1. The minimum absolute atomic E-state index is 0.0484. The number of hydrogen-bond acceptors (Lipinski definition) is 3. The Labute approximate surface area is 66.3 Å². The summed E-state index contributed by atoms with van der Waals surface area (Å²) in [6, 6.07) is 0.156. The molecule has 1 rings (SSSR count). The van der Waals surface area contributed by atoms with E-state index in [0.717, 1.165) is 0 Å². The summed E-state index contributed by atoms with van der Waals surface area (Å²) in [6.45, 7) is 0. The van der Waals surface area contributed by atoms with Gasteiger partial charge in [0.1, 0.15) is 0 Å². The third kappa shape index (κ3) is 2.54. The molecule has 12 heavy (non-hydrogen) atoms. The highest BCUT2D eigenvalue weighted by Crippen LogP contribution is 2.27. The predicted octanol–water partition coefficient (Wildman–Crippen LogP) is 1.63. The summed E-state index contributed by atoms with van der Waals surface area (Å²) >= 11 is 0. The van der Waals surface area contributed by atoms with Gasteiger partial charge in [-0.3, -0.25) is 0 Å². The normalized spacial score (nSPS) is 14.7. The highest BCUT2D eigenvalue weighted by Gasteiger charge is 2.32. The molecular weight excluding hydrogens is 173 g/mol. The van der Waals surface area contributed by atoms with Crippen LogP contribution in [0.5, 0.6) is 0 Å². The summed E-state index contributed by atoms with van der Waals surface area (Å²) < 4.78 is 39.7. The summed E-state index contributed by atoms with van der Waals surface area (Å²) in [6.07, 6.45) is -4.11. The van der Waals surface area contributed by atoms with Gasteiger partial charge < -0.3 is 10.3 Å². The zero-order valence-electron chi connectivity index (χ0n) is 6.01. The number of hydrogen-bond donors (Lipinski definition) is 1. The molecule has 1 aromatic heterocycles. The number of alkyl halides is 3. The first-order chi connectivity index (χ1) is 5.49. The lowest BCUT2D eigenvalue weighted by Gasteiger charge is -2.10. The number of nitrogens with zero attached hydrogens (tertiary/aromatic N) is 1. The molecule has 1 unspecified atom stereocenters. The lowest BCUT2D eigenvalue weighted by atomic mass is 10.2. The first kappa shape index (κ1) is 9.05. The van der Waals surface area contributed by atoms with Crippen LogP contribution in [0.25, 0.3) is 0 Å². The van der Waals surface area contributed by atoms with Gasteiger partial charge in [0.15, 0.2) is 5.76 Å². The van der Waals surface area contributed by atoms with Crippen LogP contribution in [0.15, 0.2) is 16.8 Å². The van der Waals surface area contributed by atoms with Crippen molar-refractivity contribution in [2.75, 3.05) is 0 Å². The summed E-state index contributed by atoms with van der Waals surface area (Å²) in [5.41, 5.74) is 5.17. The molecular formula is C6H7F3N2O. The molecule has 0 radical (unpaired) electrons. The van der Waals surface area contributed by atoms with Crippen LogP contribution in [-0.4, -0.2) is 11.3 Å². The second-order valence-electron chi connectivity index (χ2n) is 2.34. The molecule has 68 valence electrons. The van der Waals surface area contributed by atoms with Crippen molar-refractivity contribution in [3.05, 3.63) is 18.0 Å². The quantitative estimate of drug-likeness (QED) is 0.752. The average molecular weight is 180 g/mol. The molecule has 0 aromatic carbocycles. The molecule has 6 heteroatoms. The van der Waals surface area contributed by atoms with Crippen molar-refractivity contribution < 1.29 is 17.7 Å². The minimum atomic E-state index is -4.27. The van der Waals surface area contributed by atoms with Gasteiger partial charge in [0.25, 0.3) is 0 Å². The second-order valence-corrected chi connectivity index (χ2v) is 2.34. The zero-order valence-corrected chi connectivity index (χ0v) is 6.01. The minimum Gasteiger partial charge on any atom is -0.360 e. The van der Waals surface area contributed by atoms with Crippen LogP contribution in [0.4, 0.5) is 13.2 Å². The third-order valence-electron chi connectivity index (χ3n) is 1.27. The van der Waals surface area contributed by atoms with Crippen molar-refractivity contribution in [3.8, 4) is 0 Å². The van der Waals surface area contributed by atoms with Crippen LogP contribution in [0.1, 0.15) is 18.2 Å². The van der Waals surface area contributed by atoms with E-state index in [1.165, 1.54) is 12.3 Å². The van der Waals surface area contributed by atoms with Gasteiger partial charge in [-0.2, -0.15) is 13.2 Å². The van der Waals surface area contributed by atoms with Gasteiger partial charge in [-0.05, 0) is 0 Å². The van der Waals surface area contributed by atoms with Gasteiger partial charge >= 0.3 is 6.18 Å². The number of halogens is 3. The van der Waals surface area contributed by atoms with E-state index in [2.05, 4.69) is 9.68 Å². The van der Waals surface area contributed by atoms with E-state index in [1.54, 1.807) is 0 Å². The van der Waals surface area contributed by atoms with E-state index in [9.17, 15) is 13.2 Å². The summed E-state index contributed by atoms with van der Waals surface area (Å²) in [5.74, 6) is 0.0484. The maximum absolute atomic E-state index is 11.8. The fourth-order valence-electron chi connectivity index (χ4n) is 0.767. The molecule has 1 atom stereocenters. The van der Waals surface area contributed by atoms with E-state index >= 15 is 0 Å². The maximum atomic E-state index is 11.8. The van der Waals surface area contributed by atoms with Gasteiger partial charge in [-0.15, -0.1) is 0 Å². The highest BCUT2D eigenvalue weighted by molar-refractivity contribution is 4.99. The average Bonchev–Trinajstić information content (AvgIpc) is 2.32. The summed E-state index contributed by atoms with van der Waals surface area (Å²) in [7, 11) is 0. The fourth-order valence-corrected chi connectivity index (χ4v) is 0.767. The van der Waals surface area contributed by atoms with Gasteiger partial charge in [0, 0.05) is 6.07 Å². The van der Waals surface area contributed by atoms with E-state index in [4.69, 9.17) is 5.73 Å². The van der Waals surface area contributed by atoms with E-state index in [1.807, 2.05) is 0 Å². The third-order valence-corrected chi connectivity index (χ3v) is 1.27. The van der Waals surface area contributed by atoms with Gasteiger partial charge in [0.05, 0.1) is 18.7 Å². The Balaban J connectivity index is 2.56. The van der Waals surface area contributed by atoms with E-state index in [0.29, 0.717) is 0 Å². The van der Waals surface area contributed by atoms with Crippen molar-refractivity contribution in [1.29, 1.82) is 0 Å². The Morgan fingerprint density at radius 2 is 2.25 bits per heavy atom. The molecule has 0 amide bonds. The maximum Gasteiger partial charge on any atom is 0.391 e.